The number of nitrogens with two attached hydrogens (primary N) is 1. The van der Waals surface area contributed by atoms with Crippen LogP contribution in [0, 0.1) is 6.92 Å². The Bertz CT molecular complexity index is 1280. The van der Waals surface area contributed by atoms with Gasteiger partial charge >= 0.3 is 6.03 Å². The third-order valence-corrected chi connectivity index (χ3v) is 6.88. The number of nitrogens with one attached hydrogen (secondary N) is 2. The molecule has 168 valence electrons. The topological polar surface area (TPSA) is 115 Å². The number of aryl methyl sites for hydroxylation is 1. The number of nitrogens with zero attached hydrogens (tertiary/aromatic N) is 3. The number of hydrogen-bond donors (Lipinski definition) is 3. The summed E-state index contributed by atoms with van der Waals surface area (Å²) in [5, 5.41) is 13.9. The van der Waals surface area contributed by atoms with Gasteiger partial charge in [-0.2, -0.15) is 0 Å². The van der Waals surface area contributed by atoms with E-state index in [2.05, 4.69) is 20.8 Å². The van der Waals surface area contributed by atoms with Crippen LogP contribution in [0.2, 0.25) is 0 Å². The van der Waals surface area contributed by atoms with Gasteiger partial charge in [0.1, 0.15) is 0 Å². The van der Waals surface area contributed by atoms with Gasteiger partial charge in [0, 0.05) is 17.6 Å². The van der Waals surface area contributed by atoms with Crippen molar-refractivity contribution in [3.05, 3.63) is 66.2 Å². The molecule has 2 heterocycles. The van der Waals surface area contributed by atoms with Crippen molar-refractivity contribution in [2.24, 2.45) is 0 Å². The molecule has 3 amide bonds. The fourth-order valence-corrected chi connectivity index (χ4v) is 4.93. The lowest BCUT2D eigenvalue weighted by Crippen LogP contribution is -2.38. The molecule has 0 saturated heterocycles. The SMILES string of the molecule is CNC(=O)NC(=O)CSc1nnc(-c2sc(-c3ccccc3)cc2N)n1-c1ccc(C)cc1. The molecule has 2 aromatic heterocycles. The summed E-state index contributed by atoms with van der Waals surface area (Å²) in [5.74, 6) is 0.172. The van der Waals surface area contributed by atoms with Gasteiger partial charge in [-0.25, -0.2) is 4.79 Å². The first kappa shape index (κ1) is 22.6. The number of thiophene rings is 1. The molecule has 0 spiro atoms. The summed E-state index contributed by atoms with van der Waals surface area (Å²) >= 11 is 2.73. The molecule has 4 rings (SSSR count). The zero-order valence-corrected chi connectivity index (χ0v) is 19.7. The summed E-state index contributed by atoms with van der Waals surface area (Å²) in [6.07, 6.45) is 0. The minimum Gasteiger partial charge on any atom is -0.397 e. The zero-order chi connectivity index (χ0) is 23.4. The standard InChI is InChI=1S/C23H22N6O2S2/c1-14-8-10-16(11-9-14)29-21(27-28-23(29)32-13-19(30)26-22(31)25-2)20-17(24)12-18(33-20)15-6-4-3-5-7-15/h3-12H,13,24H2,1-2H3,(H2,25,26,30,31). The maximum absolute atomic E-state index is 12.1. The Morgan fingerprint density at radius 3 is 2.52 bits per heavy atom. The average molecular weight is 479 g/mol. The van der Waals surface area contributed by atoms with E-state index in [1.54, 1.807) is 0 Å². The van der Waals surface area contributed by atoms with Gasteiger partial charge in [-0.3, -0.25) is 14.7 Å². The van der Waals surface area contributed by atoms with Crippen LogP contribution in [-0.4, -0.2) is 39.5 Å². The number of nitrogen functional groups attached to an aromatic ring is 1. The highest BCUT2D eigenvalue weighted by molar-refractivity contribution is 7.99. The number of benzene rings is 2. The lowest BCUT2D eigenvalue weighted by molar-refractivity contribution is -0.117. The van der Waals surface area contributed by atoms with Crippen LogP contribution in [0.1, 0.15) is 5.56 Å². The van der Waals surface area contributed by atoms with Crippen LogP contribution >= 0.6 is 23.1 Å². The first-order valence-corrected chi connectivity index (χ1v) is 11.9. The first-order valence-electron chi connectivity index (χ1n) is 10.1. The third-order valence-electron chi connectivity index (χ3n) is 4.76. The Balaban J connectivity index is 1.72. The number of aromatic nitrogens is 3. The predicted octanol–water partition coefficient (Wildman–Crippen LogP) is 4.10. The highest BCUT2D eigenvalue weighted by Gasteiger charge is 2.21. The summed E-state index contributed by atoms with van der Waals surface area (Å²) in [4.78, 5) is 25.3. The Labute approximate surface area is 199 Å². The van der Waals surface area contributed by atoms with E-state index in [-0.39, 0.29) is 5.75 Å². The van der Waals surface area contributed by atoms with E-state index in [9.17, 15) is 9.59 Å². The highest BCUT2D eigenvalue weighted by atomic mass is 32.2. The molecule has 0 bridgehead atoms. The summed E-state index contributed by atoms with van der Waals surface area (Å²) in [6, 6.07) is 19.3. The minimum atomic E-state index is -0.555. The van der Waals surface area contributed by atoms with Crippen LogP contribution in [0.15, 0.2) is 65.8 Å². The average Bonchev–Trinajstić information content (AvgIpc) is 3.42. The number of hydrogen-bond acceptors (Lipinski definition) is 7. The van der Waals surface area contributed by atoms with Gasteiger partial charge in [-0.05, 0) is 30.7 Å². The molecule has 0 fully saturated rings. The van der Waals surface area contributed by atoms with Gasteiger partial charge in [0.2, 0.25) is 5.91 Å². The molecule has 0 radical (unpaired) electrons. The number of carbonyl (C=O) groups is 2. The van der Waals surface area contributed by atoms with Crippen molar-refractivity contribution in [2.45, 2.75) is 12.1 Å². The van der Waals surface area contributed by atoms with Crippen LogP contribution < -0.4 is 16.4 Å². The van der Waals surface area contributed by atoms with Crippen molar-refractivity contribution in [2.75, 3.05) is 18.5 Å². The lowest BCUT2D eigenvalue weighted by Gasteiger charge is -2.10. The van der Waals surface area contributed by atoms with Crippen molar-refractivity contribution in [1.29, 1.82) is 0 Å². The number of urea groups is 1. The maximum atomic E-state index is 12.1. The molecule has 2 aromatic carbocycles. The molecule has 0 aliphatic heterocycles. The van der Waals surface area contributed by atoms with E-state index >= 15 is 0 Å². The Morgan fingerprint density at radius 1 is 1.09 bits per heavy atom. The second-order valence-electron chi connectivity index (χ2n) is 7.15. The minimum absolute atomic E-state index is 0.00655. The zero-order valence-electron chi connectivity index (χ0n) is 18.0. The quantitative estimate of drug-likeness (QED) is 0.360. The van der Waals surface area contributed by atoms with Gasteiger partial charge in [-0.1, -0.05) is 59.8 Å². The van der Waals surface area contributed by atoms with Gasteiger partial charge in [0.25, 0.3) is 0 Å². The highest BCUT2D eigenvalue weighted by Crippen LogP contribution is 2.40. The van der Waals surface area contributed by atoms with E-state index in [4.69, 9.17) is 5.73 Å². The largest absolute Gasteiger partial charge is 0.397 e. The maximum Gasteiger partial charge on any atom is 0.321 e. The molecule has 0 saturated carbocycles. The Hall–Kier alpha value is -3.63. The van der Waals surface area contributed by atoms with Gasteiger partial charge < -0.3 is 11.1 Å². The number of thioether (sulfide) groups is 1. The number of amides is 3. The summed E-state index contributed by atoms with van der Waals surface area (Å²) in [7, 11) is 1.45. The van der Waals surface area contributed by atoms with Crippen LogP contribution in [0.4, 0.5) is 10.5 Å². The lowest BCUT2D eigenvalue weighted by atomic mass is 10.2. The van der Waals surface area contributed by atoms with Crippen molar-refractivity contribution >= 4 is 40.7 Å². The molecule has 8 nitrogen and oxygen atoms in total. The second-order valence-corrected chi connectivity index (χ2v) is 9.15. The molecule has 0 aliphatic rings. The normalized spacial score (nSPS) is 10.7. The van der Waals surface area contributed by atoms with Crippen molar-refractivity contribution in [3.8, 4) is 26.8 Å². The molecule has 4 N–H and O–H groups in total. The molecule has 10 heteroatoms. The fraction of sp³-hybridized carbons (Fsp3) is 0.130. The van der Waals surface area contributed by atoms with E-state index in [1.807, 2.05) is 72.2 Å². The van der Waals surface area contributed by atoms with Crippen molar-refractivity contribution in [3.63, 3.8) is 0 Å². The first-order chi connectivity index (χ1) is 16.0. The van der Waals surface area contributed by atoms with Gasteiger partial charge in [0.05, 0.1) is 16.3 Å². The molecule has 0 atom stereocenters. The molecule has 0 unspecified atom stereocenters. The van der Waals surface area contributed by atoms with E-state index < -0.39 is 11.9 Å². The van der Waals surface area contributed by atoms with Crippen LogP contribution in [0.25, 0.3) is 26.8 Å². The second kappa shape index (κ2) is 9.88. The fourth-order valence-electron chi connectivity index (χ4n) is 3.12. The summed E-state index contributed by atoms with van der Waals surface area (Å²) < 4.78 is 1.88. The van der Waals surface area contributed by atoms with Crippen LogP contribution in [-0.2, 0) is 4.79 Å². The van der Waals surface area contributed by atoms with Gasteiger partial charge in [-0.15, -0.1) is 21.5 Å². The Kier molecular flexibility index (Phi) is 6.76. The number of anilines is 1. The Morgan fingerprint density at radius 2 is 1.82 bits per heavy atom. The predicted molar refractivity (Wildman–Crippen MR) is 133 cm³/mol. The van der Waals surface area contributed by atoms with Crippen molar-refractivity contribution in [1.82, 2.24) is 25.4 Å². The van der Waals surface area contributed by atoms with Crippen molar-refractivity contribution < 1.29 is 9.59 Å². The number of carbonyl (C=O) groups excluding carboxylic acids is 2. The summed E-state index contributed by atoms with van der Waals surface area (Å²) in [5.41, 5.74) is 10.0. The number of imide groups is 1. The van der Waals surface area contributed by atoms with E-state index in [0.717, 1.165) is 26.6 Å². The number of rotatable bonds is 6. The smallest absolute Gasteiger partial charge is 0.321 e. The molecule has 4 aromatic rings. The molecular weight excluding hydrogens is 456 g/mol. The van der Waals surface area contributed by atoms with E-state index in [1.165, 1.54) is 30.1 Å². The molecule has 33 heavy (non-hydrogen) atoms. The van der Waals surface area contributed by atoms with Gasteiger partial charge in [0.15, 0.2) is 11.0 Å². The van der Waals surface area contributed by atoms with Crippen LogP contribution in [0.3, 0.4) is 0 Å². The molecule has 0 aliphatic carbocycles. The van der Waals surface area contributed by atoms with E-state index in [0.29, 0.717) is 16.7 Å². The summed E-state index contributed by atoms with van der Waals surface area (Å²) in [6.45, 7) is 2.01. The van der Waals surface area contributed by atoms with Crippen LogP contribution in [0.5, 0.6) is 0 Å². The monoisotopic (exact) mass is 478 g/mol. The molecular formula is C23H22N6O2S2. The third kappa shape index (κ3) is 5.07.